The molecule has 0 aromatic rings. The van der Waals surface area contributed by atoms with Crippen molar-refractivity contribution in [3.8, 4) is 0 Å². The van der Waals surface area contributed by atoms with Crippen LogP contribution in [0.3, 0.4) is 0 Å². The minimum Gasteiger partial charge on any atom is -0.0823 e. The average molecular weight is 364 g/mol. The fourth-order valence-electron chi connectivity index (χ4n) is 1.67. The molecule has 0 spiro atoms. The summed E-state index contributed by atoms with van der Waals surface area (Å²) in [4.78, 5) is 0. The number of halogens is 2. The van der Waals surface area contributed by atoms with E-state index in [1.807, 2.05) is 0 Å². The minimum absolute atomic E-state index is 0.972. The molecule has 2 atom stereocenters. The molecule has 1 saturated carbocycles. The van der Waals surface area contributed by atoms with Gasteiger partial charge in [0, 0.05) is 7.85 Å². The molecule has 2 heteroatoms. The fraction of sp³-hybridized carbons (Fsp3) is 1.00. The van der Waals surface area contributed by atoms with Crippen molar-refractivity contribution in [3.63, 3.8) is 0 Å². The number of hydrogen-bond acceptors (Lipinski definition) is 0. The Morgan fingerprint density at radius 1 is 1.20 bits per heavy atom. The van der Waals surface area contributed by atoms with E-state index in [-0.39, 0.29) is 0 Å². The average Bonchev–Trinajstić information content (AvgIpc) is 2.20. The molecule has 1 aliphatic rings. The van der Waals surface area contributed by atoms with Crippen LogP contribution in [-0.2, 0) is 0 Å². The molecule has 10 heavy (non-hydrogen) atoms. The van der Waals surface area contributed by atoms with E-state index in [0.29, 0.717) is 0 Å². The molecule has 0 saturated heterocycles. The first kappa shape index (κ1) is 9.55. The highest BCUT2D eigenvalue weighted by Gasteiger charge is 2.31. The Labute approximate surface area is 90.8 Å². The van der Waals surface area contributed by atoms with Gasteiger partial charge in [-0.05, 0) is 25.2 Å². The van der Waals surface area contributed by atoms with E-state index in [9.17, 15) is 0 Å². The Kier molecular flexibility index (Phi) is 4.27. The van der Waals surface area contributed by atoms with Crippen molar-refractivity contribution >= 4 is 45.2 Å². The van der Waals surface area contributed by atoms with Crippen molar-refractivity contribution in [1.29, 1.82) is 0 Å². The third kappa shape index (κ3) is 2.22. The van der Waals surface area contributed by atoms with E-state index in [2.05, 4.69) is 52.1 Å². The van der Waals surface area contributed by atoms with Gasteiger partial charge in [-0.25, -0.2) is 0 Å². The second kappa shape index (κ2) is 4.48. The normalized spacial score (nSPS) is 40.5. The monoisotopic (exact) mass is 364 g/mol. The number of rotatable bonds is 2. The van der Waals surface area contributed by atoms with Gasteiger partial charge in [0.25, 0.3) is 0 Å². The molecule has 1 aliphatic carbocycles. The Balaban J connectivity index is 2.38. The maximum absolute atomic E-state index is 2.63. The smallest absolute Gasteiger partial charge is 0.0148 e. The van der Waals surface area contributed by atoms with Crippen LogP contribution in [0.1, 0.15) is 32.6 Å². The minimum atomic E-state index is 0.972. The summed E-state index contributed by atoms with van der Waals surface area (Å²) >= 11 is 5.26. The van der Waals surface area contributed by atoms with E-state index in [1.54, 1.807) is 0 Å². The Hall–Kier alpha value is 1.46. The summed E-state index contributed by atoms with van der Waals surface area (Å²) in [5.41, 5.74) is 0. The van der Waals surface area contributed by atoms with E-state index < -0.39 is 0 Å². The molecule has 0 aromatic heterocycles. The van der Waals surface area contributed by atoms with Crippen molar-refractivity contribution in [2.45, 2.75) is 40.5 Å². The van der Waals surface area contributed by atoms with Crippen LogP contribution in [0.5, 0.6) is 0 Å². The van der Waals surface area contributed by atoms with Crippen LogP contribution in [0.2, 0.25) is 0 Å². The van der Waals surface area contributed by atoms with Gasteiger partial charge in [-0.1, -0.05) is 58.5 Å². The first-order valence-corrected chi connectivity index (χ1v) is 6.53. The predicted molar refractivity (Wildman–Crippen MR) is 63.2 cm³/mol. The van der Waals surface area contributed by atoms with E-state index in [0.717, 1.165) is 13.8 Å². The third-order valence-electron chi connectivity index (χ3n) is 2.27. The number of hydrogen-bond donors (Lipinski definition) is 0. The second-order valence-corrected chi connectivity index (χ2v) is 6.26. The summed E-state index contributed by atoms with van der Waals surface area (Å²) in [5, 5.41) is 0. The third-order valence-corrected chi connectivity index (χ3v) is 5.36. The van der Waals surface area contributed by atoms with Crippen LogP contribution < -0.4 is 0 Å². The molecule has 0 nitrogen and oxygen atoms in total. The van der Waals surface area contributed by atoms with E-state index >= 15 is 0 Å². The SMILES string of the molecule is CCCC1C(I)CCC1I. The molecular weight excluding hydrogens is 350 g/mol. The highest BCUT2D eigenvalue weighted by atomic mass is 127. The lowest BCUT2D eigenvalue weighted by atomic mass is 10.0. The van der Waals surface area contributed by atoms with Crippen molar-refractivity contribution in [1.82, 2.24) is 0 Å². The maximum Gasteiger partial charge on any atom is 0.0148 e. The van der Waals surface area contributed by atoms with Gasteiger partial charge in [-0.2, -0.15) is 0 Å². The van der Waals surface area contributed by atoms with E-state index in [1.165, 1.54) is 25.7 Å². The first-order valence-electron chi connectivity index (χ1n) is 4.03. The van der Waals surface area contributed by atoms with Gasteiger partial charge in [0.2, 0.25) is 0 Å². The predicted octanol–water partition coefficient (Wildman–Crippen LogP) is 3.80. The van der Waals surface area contributed by atoms with Crippen molar-refractivity contribution in [3.05, 3.63) is 0 Å². The lowest BCUT2D eigenvalue weighted by Gasteiger charge is -2.15. The quantitative estimate of drug-likeness (QED) is 0.517. The topological polar surface area (TPSA) is 0 Å². The molecular formula is C8H14I2. The first-order chi connectivity index (χ1) is 4.75. The van der Waals surface area contributed by atoms with Gasteiger partial charge in [-0.3, -0.25) is 0 Å². The van der Waals surface area contributed by atoms with Gasteiger partial charge in [-0.15, -0.1) is 0 Å². The van der Waals surface area contributed by atoms with Gasteiger partial charge in [0.1, 0.15) is 0 Å². The Morgan fingerprint density at radius 3 is 2.10 bits per heavy atom. The molecule has 0 radical (unpaired) electrons. The van der Waals surface area contributed by atoms with Gasteiger partial charge in [0.15, 0.2) is 0 Å². The van der Waals surface area contributed by atoms with Crippen LogP contribution in [0.4, 0.5) is 0 Å². The second-order valence-electron chi connectivity index (χ2n) is 3.06. The molecule has 0 amide bonds. The van der Waals surface area contributed by atoms with Crippen LogP contribution >= 0.6 is 45.2 Å². The van der Waals surface area contributed by atoms with Gasteiger partial charge in [0.05, 0.1) is 0 Å². The molecule has 2 unspecified atom stereocenters. The maximum atomic E-state index is 2.63. The summed E-state index contributed by atoms with van der Waals surface area (Å²) in [7, 11) is 0. The zero-order valence-corrected chi connectivity index (χ0v) is 10.6. The number of alkyl halides is 2. The zero-order chi connectivity index (χ0) is 7.56. The molecule has 1 rings (SSSR count). The summed E-state index contributed by atoms with van der Waals surface area (Å²) in [6.07, 6.45) is 5.72. The molecule has 0 heterocycles. The fourth-order valence-corrected chi connectivity index (χ4v) is 4.90. The standard InChI is InChI=1S/C8H14I2/c1-2-3-6-7(9)4-5-8(6)10/h6-8H,2-5H2,1H3. The lowest BCUT2D eigenvalue weighted by Crippen LogP contribution is -2.13. The lowest BCUT2D eigenvalue weighted by molar-refractivity contribution is 0.535. The van der Waals surface area contributed by atoms with Gasteiger partial charge < -0.3 is 0 Å². The highest BCUT2D eigenvalue weighted by Crippen LogP contribution is 2.39. The Bertz CT molecular complexity index is 93.4. The largest absolute Gasteiger partial charge is 0.0823 e. The van der Waals surface area contributed by atoms with Crippen LogP contribution in [-0.4, -0.2) is 7.85 Å². The molecule has 0 bridgehead atoms. The van der Waals surface area contributed by atoms with Crippen molar-refractivity contribution < 1.29 is 0 Å². The van der Waals surface area contributed by atoms with Crippen LogP contribution in [0, 0.1) is 5.92 Å². The van der Waals surface area contributed by atoms with Crippen molar-refractivity contribution in [2.24, 2.45) is 5.92 Å². The summed E-state index contributed by atoms with van der Waals surface area (Å²) < 4.78 is 1.94. The summed E-state index contributed by atoms with van der Waals surface area (Å²) in [6.45, 7) is 2.30. The molecule has 60 valence electrons. The van der Waals surface area contributed by atoms with Crippen molar-refractivity contribution in [2.75, 3.05) is 0 Å². The molecule has 1 fully saturated rings. The van der Waals surface area contributed by atoms with Crippen LogP contribution in [0.15, 0.2) is 0 Å². The molecule has 0 aromatic carbocycles. The molecule has 0 aliphatic heterocycles. The Morgan fingerprint density at radius 2 is 1.70 bits per heavy atom. The van der Waals surface area contributed by atoms with E-state index in [4.69, 9.17) is 0 Å². The summed E-state index contributed by atoms with van der Waals surface area (Å²) in [5.74, 6) is 1.02. The summed E-state index contributed by atoms with van der Waals surface area (Å²) in [6, 6.07) is 0. The highest BCUT2D eigenvalue weighted by molar-refractivity contribution is 14.1. The van der Waals surface area contributed by atoms with Crippen LogP contribution in [0.25, 0.3) is 0 Å². The molecule has 0 N–H and O–H groups in total. The zero-order valence-electron chi connectivity index (χ0n) is 6.32. The van der Waals surface area contributed by atoms with Gasteiger partial charge >= 0.3 is 0 Å².